The minimum absolute atomic E-state index is 0.0839. The molecule has 0 fully saturated rings. The van der Waals surface area contributed by atoms with Crippen molar-refractivity contribution < 1.29 is 14.3 Å². The first-order chi connectivity index (χ1) is 11.0. The Balaban J connectivity index is 1.75. The van der Waals surface area contributed by atoms with Gasteiger partial charge in [-0.25, -0.2) is 0 Å². The SMILES string of the molecule is O=C(CN1C(=O)COc2cc(Br)ccc21)Nc1ccc(Cl)cc1. The molecule has 5 nitrogen and oxygen atoms in total. The molecule has 0 atom stereocenters. The summed E-state index contributed by atoms with van der Waals surface area (Å²) in [6, 6.07) is 12.1. The van der Waals surface area contributed by atoms with Crippen LogP contribution >= 0.6 is 27.5 Å². The quantitative estimate of drug-likeness (QED) is 0.866. The standard InChI is InChI=1S/C16H12BrClN2O3/c17-10-1-6-13-14(7-10)23-9-16(22)20(13)8-15(21)19-12-4-2-11(18)3-5-12/h1-7H,8-9H2,(H,19,21). The summed E-state index contributed by atoms with van der Waals surface area (Å²) in [7, 11) is 0. The number of benzene rings is 2. The van der Waals surface area contributed by atoms with Crippen molar-refractivity contribution in [2.24, 2.45) is 0 Å². The third-order valence-corrected chi connectivity index (χ3v) is 4.04. The predicted octanol–water partition coefficient (Wildman–Crippen LogP) is 3.47. The molecule has 1 N–H and O–H groups in total. The molecule has 23 heavy (non-hydrogen) atoms. The monoisotopic (exact) mass is 394 g/mol. The zero-order valence-corrected chi connectivity index (χ0v) is 14.2. The molecule has 1 aliphatic rings. The summed E-state index contributed by atoms with van der Waals surface area (Å²) in [5.41, 5.74) is 1.20. The summed E-state index contributed by atoms with van der Waals surface area (Å²) >= 11 is 9.16. The van der Waals surface area contributed by atoms with E-state index in [4.69, 9.17) is 16.3 Å². The van der Waals surface area contributed by atoms with Crippen LogP contribution in [0.3, 0.4) is 0 Å². The molecule has 3 rings (SSSR count). The first-order valence-electron chi connectivity index (χ1n) is 6.81. The molecule has 1 aliphatic heterocycles. The van der Waals surface area contributed by atoms with Crippen molar-refractivity contribution in [3.05, 3.63) is 52.0 Å². The van der Waals surface area contributed by atoms with Crippen molar-refractivity contribution in [1.82, 2.24) is 0 Å². The van der Waals surface area contributed by atoms with Gasteiger partial charge in [-0.1, -0.05) is 27.5 Å². The van der Waals surface area contributed by atoms with E-state index in [2.05, 4.69) is 21.2 Å². The Morgan fingerprint density at radius 3 is 2.74 bits per heavy atom. The van der Waals surface area contributed by atoms with Crippen LogP contribution in [0.15, 0.2) is 46.9 Å². The van der Waals surface area contributed by atoms with Gasteiger partial charge in [-0.15, -0.1) is 0 Å². The molecular weight excluding hydrogens is 384 g/mol. The Kier molecular flexibility index (Phi) is 4.54. The highest BCUT2D eigenvalue weighted by Gasteiger charge is 2.27. The lowest BCUT2D eigenvalue weighted by Gasteiger charge is -2.29. The molecule has 0 bridgehead atoms. The maximum atomic E-state index is 12.2. The Hall–Kier alpha value is -2.05. The van der Waals surface area contributed by atoms with Gasteiger partial charge in [-0.3, -0.25) is 14.5 Å². The third-order valence-electron chi connectivity index (χ3n) is 3.29. The number of ether oxygens (including phenoxy) is 1. The summed E-state index contributed by atoms with van der Waals surface area (Å²) in [6.07, 6.45) is 0. The molecule has 0 aliphatic carbocycles. The van der Waals surface area contributed by atoms with E-state index < -0.39 is 0 Å². The second-order valence-corrected chi connectivity index (χ2v) is 6.29. The van der Waals surface area contributed by atoms with Gasteiger partial charge in [0.25, 0.3) is 5.91 Å². The first kappa shape index (κ1) is 15.8. The highest BCUT2D eigenvalue weighted by atomic mass is 79.9. The average Bonchev–Trinajstić information content (AvgIpc) is 2.52. The topological polar surface area (TPSA) is 58.6 Å². The van der Waals surface area contributed by atoms with E-state index in [-0.39, 0.29) is 25.0 Å². The van der Waals surface area contributed by atoms with E-state index in [0.29, 0.717) is 22.1 Å². The van der Waals surface area contributed by atoms with E-state index >= 15 is 0 Å². The van der Waals surface area contributed by atoms with Gasteiger partial charge in [0, 0.05) is 15.2 Å². The average molecular weight is 396 g/mol. The Morgan fingerprint density at radius 1 is 1.26 bits per heavy atom. The van der Waals surface area contributed by atoms with Crippen LogP contribution in [0.25, 0.3) is 0 Å². The van der Waals surface area contributed by atoms with Crippen LogP contribution in [0, 0.1) is 0 Å². The molecule has 2 amide bonds. The lowest BCUT2D eigenvalue weighted by atomic mass is 10.2. The summed E-state index contributed by atoms with van der Waals surface area (Å²) < 4.78 is 6.24. The van der Waals surface area contributed by atoms with Crippen LogP contribution in [0.1, 0.15) is 0 Å². The summed E-state index contributed by atoms with van der Waals surface area (Å²) in [5.74, 6) is 0.0146. The van der Waals surface area contributed by atoms with Crippen LogP contribution in [-0.4, -0.2) is 25.0 Å². The highest BCUT2D eigenvalue weighted by molar-refractivity contribution is 9.10. The number of amides is 2. The van der Waals surface area contributed by atoms with Crippen LogP contribution in [0.5, 0.6) is 5.75 Å². The Bertz CT molecular complexity index is 764. The molecule has 1 heterocycles. The molecule has 0 unspecified atom stereocenters. The van der Waals surface area contributed by atoms with E-state index in [1.165, 1.54) is 4.90 Å². The van der Waals surface area contributed by atoms with Gasteiger partial charge in [0.05, 0.1) is 5.69 Å². The molecular formula is C16H12BrClN2O3. The highest BCUT2D eigenvalue weighted by Crippen LogP contribution is 2.34. The number of carbonyl (C=O) groups excluding carboxylic acids is 2. The van der Waals surface area contributed by atoms with Crippen molar-refractivity contribution in [3.8, 4) is 5.75 Å². The minimum atomic E-state index is -0.295. The van der Waals surface area contributed by atoms with E-state index in [1.54, 1.807) is 42.5 Å². The van der Waals surface area contributed by atoms with Crippen molar-refractivity contribution >= 4 is 50.7 Å². The van der Waals surface area contributed by atoms with Gasteiger partial charge in [0.1, 0.15) is 12.3 Å². The van der Waals surface area contributed by atoms with Crippen molar-refractivity contribution in [2.45, 2.75) is 0 Å². The third kappa shape index (κ3) is 3.65. The number of nitrogens with one attached hydrogen (secondary N) is 1. The number of nitrogens with zero attached hydrogens (tertiary/aromatic N) is 1. The number of anilines is 2. The van der Waals surface area contributed by atoms with Gasteiger partial charge < -0.3 is 10.1 Å². The maximum absolute atomic E-state index is 12.2. The zero-order valence-electron chi connectivity index (χ0n) is 11.9. The van der Waals surface area contributed by atoms with Crippen LogP contribution in [-0.2, 0) is 9.59 Å². The number of fused-ring (bicyclic) bond motifs is 1. The number of rotatable bonds is 3. The van der Waals surface area contributed by atoms with E-state index in [0.717, 1.165) is 4.47 Å². The second kappa shape index (κ2) is 6.60. The van der Waals surface area contributed by atoms with Crippen molar-refractivity contribution in [1.29, 1.82) is 0 Å². The number of halogens is 2. The van der Waals surface area contributed by atoms with Gasteiger partial charge in [-0.05, 0) is 42.5 Å². The molecule has 0 spiro atoms. The Labute approximate surface area is 146 Å². The van der Waals surface area contributed by atoms with Crippen LogP contribution in [0.4, 0.5) is 11.4 Å². The fraction of sp³-hybridized carbons (Fsp3) is 0.125. The molecule has 0 saturated carbocycles. The van der Waals surface area contributed by atoms with Crippen LogP contribution < -0.4 is 15.0 Å². The summed E-state index contributed by atoms with van der Waals surface area (Å²) in [4.78, 5) is 25.7. The normalized spacial score (nSPS) is 13.3. The van der Waals surface area contributed by atoms with Gasteiger partial charge in [-0.2, -0.15) is 0 Å². The second-order valence-electron chi connectivity index (χ2n) is 4.94. The number of hydrogen-bond acceptors (Lipinski definition) is 3. The fourth-order valence-electron chi connectivity index (χ4n) is 2.23. The smallest absolute Gasteiger partial charge is 0.265 e. The van der Waals surface area contributed by atoms with Crippen LogP contribution in [0.2, 0.25) is 5.02 Å². The molecule has 118 valence electrons. The molecule has 0 aromatic heterocycles. The lowest BCUT2D eigenvalue weighted by Crippen LogP contribution is -2.43. The van der Waals surface area contributed by atoms with Gasteiger partial charge in [0.15, 0.2) is 6.61 Å². The van der Waals surface area contributed by atoms with Crippen molar-refractivity contribution in [2.75, 3.05) is 23.4 Å². The van der Waals surface area contributed by atoms with E-state index in [1.807, 2.05) is 0 Å². The molecule has 7 heteroatoms. The zero-order chi connectivity index (χ0) is 16.4. The molecule has 2 aromatic carbocycles. The minimum Gasteiger partial charge on any atom is -0.482 e. The van der Waals surface area contributed by atoms with Gasteiger partial charge in [0.2, 0.25) is 5.91 Å². The molecule has 0 saturated heterocycles. The van der Waals surface area contributed by atoms with Crippen molar-refractivity contribution in [3.63, 3.8) is 0 Å². The Morgan fingerprint density at radius 2 is 2.00 bits per heavy atom. The molecule has 2 aromatic rings. The summed E-state index contributed by atoms with van der Waals surface area (Å²) in [5, 5.41) is 3.33. The first-order valence-corrected chi connectivity index (χ1v) is 7.98. The van der Waals surface area contributed by atoms with Gasteiger partial charge >= 0.3 is 0 Å². The number of carbonyl (C=O) groups is 2. The maximum Gasteiger partial charge on any atom is 0.265 e. The molecule has 0 radical (unpaired) electrons. The fourth-order valence-corrected chi connectivity index (χ4v) is 2.70. The number of hydrogen-bond donors (Lipinski definition) is 1. The largest absolute Gasteiger partial charge is 0.482 e. The van der Waals surface area contributed by atoms with E-state index in [9.17, 15) is 9.59 Å². The lowest BCUT2D eigenvalue weighted by molar-refractivity contribution is -0.123. The summed E-state index contributed by atoms with van der Waals surface area (Å²) in [6.45, 7) is -0.170. The predicted molar refractivity (Wildman–Crippen MR) is 92.1 cm³/mol.